The summed E-state index contributed by atoms with van der Waals surface area (Å²) in [6.45, 7) is 0. The van der Waals surface area contributed by atoms with E-state index in [1.165, 1.54) is 19.4 Å². The molecule has 1 aromatic rings. The Labute approximate surface area is 63.7 Å². The van der Waals surface area contributed by atoms with Crippen molar-refractivity contribution in [1.82, 2.24) is 4.98 Å². The molecule has 0 unspecified atom stereocenters. The minimum Gasteiger partial charge on any atom is -0.503 e. The van der Waals surface area contributed by atoms with Crippen LogP contribution in [0, 0.1) is 11.3 Å². The van der Waals surface area contributed by atoms with Gasteiger partial charge < -0.3 is 9.84 Å². The van der Waals surface area contributed by atoms with Gasteiger partial charge in [-0.2, -0.15) is 5.26 Å². The molecule has 0 fully saturated rings. The Kier molecular flexibility index (Phi) is 1.93. The van der Waals surface area contributed by atoms with E-state index in [0.717, 1.165) is 0 Å². The smallest absolute Gasteiger partial charge is 0.176 e. The van der Waals surface area contributed by atoms with Crippen LogP contribution < -0.4 is 4.74 Å². The quantitative estimate of drug-likeness (QED) is 0.638. The molecule has 1 heterocycles. The number of methoxy groups -OCH3 is 1. The van der Waals surface area contributed by atoms with E-state index >= 15 is 0 Å². The lowest BCUT2D eigenvalue weighted by molar-refractivity contribution is 0.371. The molecule has 4 nitrogen and oxygen atoms in total. The first-order valence-corrected chi connectivity index (χ1v) is 2.91. The summed E-state index contributed by atoms with van der Waals surface area (Å²) in [5.74, 6) is 0.197. The molecule has 0 aromatic carbocycles. The third-order valence-corrected chi connectivity index (χ3v) is 1.18. The number of pyridine rings is 1. The Balaban J connectivity index is 3.15. The minimum atomic E-state index is -0.0634. The van der Waals surface area contributed by atoms with Gasteiger partial charge in [0.2, 0.25) is 0 Å². The zero-order valence-corrected chi connectivity index (χ0v) is 5.90. The summed E-state index contributed by atoms with van der Waals surface area (Å²) in [5, 5.41) is 17.4. The highest BCUT2D eigenvalue weighted by atomic mass is 16.5. The van der Waals surface area contributed by atoms with Crippen LogP contribution in [0.5, 0.6) is 11.5 Å². The van der Waals surface area contributed by atoms with E-state index in [2.05, 4.69) is 4.98 Å². The fourth-order valence-corrected chi connectivity index (χ4v) is 0.654. The molecule has 11 heavy (non-hydrogen) atoms. The third kappa shape index (κ3) is 1.38. The largest absolute Gasteiger partial charge is 0.503 e. The normalized spacial score (nSPS) is 8.73. The highest BCUT2D eigenvalue weighted by Crippen LogP contribution is 2.23. The van der Waals surface area contributed by atoms with Crippen LogP contribution in [-0.4, -0.2) is 17.2 Å². The second kappa shape index (κ2) is 2.88. The van der Waals surface area contributed by atoms with Crippen LogP contribution in [0.4, 0.5) is 0 Å². The first-order valence-electron chi connectivity index (χ1n) is 2.91. The molecular formula is C7H6N2O2. The van der Waals surface area contributed by atoms with Gasteiger partial charge in [0.05, 0.1) is 13.3 Å². The van der Waals surface area contributed by atoms with Gasteiger partial charge in [0.25, 0.3) is 0 Å². The summed E-state index contributed by atoms with van der Waals surface area (Å²) in [7, 11) is 1.41. The van der Waals surface area contributed by atoms with E-state index in [4.69, 9.17) is 15.1 Å². The maximum Gasteiger partial charge on any atom is 0.176 e. The molecule has 1 aromatic heterocycles. The molecular weight excluding hydrogens is 144 g/mol. The van der Waals surface area contributed by atoms with E-state index in [1.54, 1.807) is 0 Å². The van der Waals surface area contributed by atoms with E-state index in [1.807, 2.05) is 6.07 Å². The van der Waals surface area contributed by atoms with Crippen LogP contribution in [0.2, 0.25) is 0 Å². The molecule has 0 saturated carbocycles. The summed E-state index contributed by atoms with van der Waals surface area (Å²) in [4.78, 5) is 3.61. The van der Waals surface area contributed by atoms with Crippen LogP contribution in [0.25, 0.3) is 0 Å². The monoisotopic (exact) mass is 150 g/mol. The number of hydrogen-bond acceptors (Lipinski definition) is 4. The van der Waals surface area contributed by atoms with Crippen LogP contribution >= 0.6 is 0 Å². The Bertz CT molecular complexity index is 304. The molecule has 0 bridgehead atoms. The number of aromatic nitrogens is 1. The summed E-state index contributed by atoms with van der Waals surface area (Å²) >= 11 is 0. The molecule has 56 valence electrons. The van der Waals surface area contributed by atoms with Gasteiger partial charge >= 0.3 is 0 Å². The molecule has 1 N–H and O–H groups in total. The van der Waals surface area contributed by atoms with Crippen LogP contribution in [-0.2, 0) is 0 Å². The second-order valence-electron chi connectivity index (χ2n) is 1.85. The number of hydrogen-bond donors (Lipinski definition) is 1. The van der Waals surface area contributed by atoms with Crippen molar-refractivity contribution < 1.29 is 9.84 Å². The predicted octanol–water partition coefficient (Wildman–Crippen LogP) is 0.667. The van der Waals surface area contributed by atoms with Crippen molar-refractivity contribution in [3.8, 4) is 17.6 Å². The number of rotatable bonds is 1. The lowest BCUT2D eigenvalue weighted by atomic mass is 10.3. The van der Waals surface area contributed by atoms with Crippen LogP contribution in [0.3, 0.4) is 0 Å². The standard InChI is InChI=1S/C7H6N2O2/c1-11-7-2-5(3-8)9-4-6(7)10/h2,4,10H,1H3. The van der Waals surface area contributed by atoms with E-state index < -0.39 is 0 Å². The molecule has 0 aliphatic rings. The third-order valence-electron chi connectivity index (χ3n) is 1.18. The molecule has 4 heteroatoms. The van der Waals surface area contributed by atoms with Crippen molar-refractivity contribution in [2.45, 2.75) is 0 Å². The van der Waals surface area contributed by atoms with Gasteiger partial charge in [-0.05, 0) is 0 Å². The second-order valence-corrected chi connectivity index (χ2v) is 1.85. The SMILES string of the molecule is COc1cc(C#N)ncc1O. The van der Waals surface area contributed by atoms with Gasteiger partial charge in [-0.25, -0.2) is 4.98 Å². The molecule has 0 aliphatic heterocycles. The van der Waals surface area contributed by atoms with Crippen molar-refractivity contribution in [1.29, 1.82) is 5.26 Å². The maximum atomic E-state index is 9.03. The Morgan fingerprint density at radius 3 is 3.00 bits per heavy atom. The van der Waals surface area contributed by atoms with E-state index in [-0.39, 0.29) is 17.2 Å². The van der Waals surface area contributed by atoms with Gasteiger partial charge in [0.1, 0.15) is 11.8 Å². The summed E-state index contributed by atoms with van der Waals surface area (Å²) in [6, 6.07) is 3.20. The topological polar surface area (TPSA) is 66.1 Å². The van der Waals surface area contributed by atoms with E-state index in [9.17, 15) is 0 Å². The molecule has 0 spiro atoms. The molecule has 0 aliphatic carbocycles. The van der Waals surface area contributed by atoms with Crippen molar-refractivity contribution in [2.75, 3.05) is 7.11 Å². The average molecular weight is 150 g/mol. The Hall–Kier alpha value is -1.76. The zero-order valence-electron chi connectivity index (χ0n) is 5.90. The maximum absolute atomic E-state index is 9.03. The van der Waals surface area contributed by atoms with Gasteiger partial charge in [-0.15, -0.1) is 0 Å². The Morgan fingerprint density at radius 2 is 2.45 bits per heavy atom. The molecule has 0 amide bonds. The lowest BCUT2D eigenvalue weighted by Gasteiger charge is -2.00. The number of ether oxygens (including phenoxy) is 1. The molecule has 0 radical (unpaired) electrons. The lowest BCUT2D eigenvalue weighted by Crippen LogP contribution is -1.87. The zero-order chi connectivity index (χ0) is 8.27. The van der Waals surface area contributed by atoms with Crippen LogP contribution in [0.1, 0.15) is 5.69 Å². The Morgan fingerprint density at radius 1 is 1.73 bits per heavy atom. The summed E-state index contributed by atoms with van der Waals surface area (Å²) < 4.78 is 4.75. The number of nitriles is 1. The number of nitrogens with zero attached hydrogens (tertiary/aromatic N) is 2. The number of aromatic hydroxyl groups is 1. The molecule has 1 rings (SSSR count). The first-order chi connectivity index (χ1) is 5.27. The highest BCUT2D eigenvalue weighted by molar-refractivity contribution is 5.40. The van der Waals surface area contributed by atoms with Gasteiger partial charge in [0.15, 0.2) is 11.5 Å². The molecule has 0 atom stereocenters. The van der Waals surface area contributed by atoms with Crippen molar-refractivity contribution >= 4 is 0 Å². The summed E-state index contributed by atoms with van der Waals surface area (Å²) in [6.07, 6.45) is 1.18. The summed E-state index contributed by atoms with van der Waals surface area (Å²) in [5.41, 5.74) is 0.222. The molecule has 0 saturated heterocycles. The van der Waals surface area contributed by atoms with Gasteiger partial charge in [-0.1, -0.05) is 0 Å². The van der Waals surface area contributed by atoms with Gasteiger partial charge in [-0.3, -0.25) is 0 Å². The first kappa shape index (κ1) is 7.35. The van der Waals surface area contributed by atoms with Crippen molar-refractivity contribution in [3.63, 3.8) is 0 Å². The fourth-order valence-electron chi connectivity index (χ4n) is 0.654. The highest BCUT2D eigenvalue weighted by Gasteiger charge is 2.01. The predicted molar refractivity (Wildman–Crippen MR) is 37.2 cm³/mol. The van der Waals surface area contributed by atoms with Crippen LogP contribution in [0.15, 0.2) is 12.3 Å². The van der Waals surface area contributed by atoms with Crippen molar-refractivity contribution in [3.05, 3.63) is 18.0 Å². The van der Waals surface area contributed by atoms with Gasteiger partial charge in [0, 0.05) is 6.07 Å². The minimum absolute atomic E-state index is 0.0634. The van der Waals surface area contributed by atoms with E-state index in [0.29, 0.717) is 0 Å². The average Bonchev–Trinajstić information content (AvgIpc) is 2.05. The fraction of sp³-hybridized carbons (Fsp3) is 0.143. The van der Waals surface area contributed by atoms with Crippen molar-refractivity contribution in [2.24, 2.45) is 0 Å².